The molecule has 1 saturated heterocycles. The number of rotatable bonds is 6. The molecule has 3 aromatic rings. The van der Waals surface area contributed by atoms with E-state index in [2.05, 4.69) is 71.0 Å². The molecule has 4 rings (SSSR count). The van der Waals surface area contributed by atoms with Gasteiger partial charge in [0.2, 0.25) is 5.91 Å². The summed E-state index contributed by atoms with van der Waals surface area (Å²) in [7, 11) is 0. The molecule has 0 aromatic heterocycles. The number of nitrogens with zero attached hydrogens (tertiary/aromatic N) is 1. The lowest BCUT2D eigenvalue weighted by molar-refractivity contribution is -0.115. The van der Waals surface area contributed by atoms with Crippen LogP contribution in [0, 0.1) is 0 Å². The number of nitrogens with one attached hydrogen (secondary N) is 2. The second-order valence-corrected chi connectivity index (χ2v) is 7.46. The smallest absolute Gasteiger partial charge is 0.238 e. The lowest BCUT2D eigenvalue weighted by Crippen LogP contribution is -2.30. The summed E-state index contributed by atoms with van der Waals surface area (Å²) >= 11 is 0. The zero-order valence-electron chi connectivity index (χ0n) is 16.3. The first-order chi connectivity index (χ1) is 13.7. The van der Waals surface area contributed by atoms with Crippen molar-refractivity contribution in [2.75, 3.05) is 29.9 Å². The van der Waals surface area contributed by atoms with Gasteiger partial charge in [0.1, 0.15) is 0 Å². The molecule has 1 heterocycles. The van der Waals surface area contributed by atoms with Crippen LogP contribution in [0.4, 0.5) is 11.4 Å². The predicted octanol–water partition coefficient (Wildman–Crippen LogP) is 4.73. The van der Waals surface area contributed by atoms with Gasteiger partial charge in [-0.3, -0.25) is 4.79 Å². The van der Waals surface area contributed by atoms with E-state index in [1.807, 2.05) is 18.2 Å². The van der Waals surface area contributed by atoms with Crippen LogP contribution in [0.3, 0.4) is 0 Å². The molecule has 1 aliphatic rings. The first-order valence-corrected chi connectivity index (χ1v) is 10.1. The topological polar surface area (TPSA) is 44.4 Å². The third-order valence-corrected chi connectivity index (χ3v) is 5.48. The van der Waals surface area contributed by atoms with E-state index in [-0.39, 0.29) is 18.5 Å². The normalized spacial score (nSPS) is 15.0. The number of amides is 1. The molecule has 1 amide bonds. The summed E-state index contributed by atoms with van der Waals surface area (Å²) in [5, 5.41) is 8.77. The number of fused-ring (bicyclic) bond motifs is 1. The van der Waals surface area contributed by atoms with Gasteiger partial charge in [0.15, 0.2) is 0 Å². The molecule has 4 nitrogen and oxygen atoms in total. The molecular weight excluding hydrogens is 346 g/mol. The zero-order valence-corrected chi connectivity index (χ0v) is 16.3. The molecule has 144 valence electrons. The predicted molar refractivity (Wildman–Crippen MR) is 117 cm³/mol. The van der Waals surface area contributed by atoms with Gasteiger partial charge in [-0.05, 0) is 60.4 Å². The summed E-state index contributed by atoms with van der Waals surface area (Å²) in [5.74, 6) is -0.0268. The Morgan fingerprint density at radius 2 is 1.68 bits per heavy atom. The van der Waals surface area contributed by atoms with Crippen LogP contribution in [0.15, 0.2) is 66.7 Å². The fourth-order valence-corrected chi connectivity index (χ4v) is 3.92. The molecule has 0 radical (unpaired) electrons. The van der Waals surface area contributed by atoms with Gasteiger partial charge in [0, 0.05) is 30.5 Å². The summed E-state index contributed by atoms with van der Waals surface area (Å²) in [4.78, 5) is 14.8. The lowest BCUT2D eigenvalue weighted by Gasteiger charge is -2.18. The van der Waals surface area contributed by atoms with Gasteiger partial charge >= 0.3 is 0 Å². The molecule has 1 aliphatic heterocycles. The van der Waals surface area contributed by atoms with Crippen LogP contribution in [-0.2, 0) is 4.79 Å². The maximum Gasteiger partial charge on any atom is 0.238 e. The summed E-state index contributed by atoms with van der Waals surface area (Å²) in [6.45, 7) is 4.63. The van der Waals surface area contributed by atoms with Gasteiger partial charge in [0.25, 0.3) is 0 Å². The third kappa shape index (κ3) is 4.18. The van der Waals surface area contributed by atoms with Crippen LogP contribution >= 0.6 is 0 Å². The Morgan fingerprint density at radius 1 is 0.964 bits per heavy atom. The standard InChI is InChI=1S/C24H27N3O/c1-18(22-10-6-8-19-7-2-3-9-23(19)22)25-17-24(28)26-20-11-13-21(14-12-20)27-15-4-5-16-27/h2-3,6-14,18,25H,4-5,15-17H2,1H3,(H,26,28)/t18-/m0/s1. The highest BCUT2D eigenvalue weighted by atomic mass is 16.1. The Balaban J connectivity index is 1.33. The van der Waals surface area contributed by atoms with Crippen LogP contribution in [0.2, 0.25) is 0 Å². The highest BCUT2D eigenvalue weighted by Crippen LogP contribution is 2.24. The van der Waals surface area contributed by atoms with E-state index in [0.717, 1.165) is 18.8 Å². The summed E-state index contributed by atoms with van der Waals surface area (Å²) in [5.41, 5.74) is 3.28. The van der Waals surface area contributed by atoms with Crippen molar-refractivity contribution in [3.63, 3.8) is 0 Å². The minimum absolute atomic E-state index is 0.0268. The largest absolute Gasteiger partial charge is 0.372 e. The van der Waals surface area contributed by atoms with E-state index in [4.69, 9.17) is 0 Å². The highest BCUT2D eigenvalue weighted by molar-refractivity contribution is 5.92. The van der Waals surface area contributed by atoms with Crippen molar-refractivity contribution in [1.29, 1.82) is 0 Å². The molecule has 1 fully saturated rings. The molecule has 0 bridgehead atoms. The minimum Gasteiger partial charge on any atom is -0.372 e. The molecule has 3 aromatic carbocycles. The van der Waals surface area contributed by atoms with Crippen molar-refractivity contribution in [2.45, 2.75) is 25.8 Å². The number of anilines is 2. The first-order valence-electron chi connectivity index (χ1n) is 10.1. The number of carbonyl (C=O) groups is 1. The van der Waals surface area contributed by atoms with Gasteiger partial charge in [-0.15, -0.1) is 0 Å². The van der Waals surface area contributed by atoms with Crippen molar-refractivity contribution >= 4 is 28.1 Å². The number of hydrogen-bond donors (Lipinski definition) is 2. The van der Waals surface area contributed by atoms with E-state index in [9.17, 15) is 4.79 Å². The Bertz CT molecular complexity index is 940. The van der Waals surface area contributed by atoms with Crippen molar-refractivity contribution in [3.8, 4) is 0 Å². The second kappa shape index (κ2) is 8.44. The molecule has 28 heavy (non-hydrogen) atoms. The van der Waals surface area contributed by atoms with Crippen molar-refractivity contribution in [2.24, 2.45) is 0 Å². The number of benzene rings is 3. The molecule has 0 unspecified atom stereocenters. The van der Waals surface area contributed by atoms with Crippen molar-refractivity contribution in [1.82, 2.24) is 5.32 Å². The number of carbonyl (C=O) groups excluding carboxylic acids is 1. The fraction of sp³-hybridized carbons (Fsp3) is 0.292. The van der Waals surface area contributed by atoms with Crippen LogP contribution in [0.5, 0.6) is 0 Å². The van der Waals surface area contributed by atoms with E-state index in [1.54, 1.807) is 0 Å². The molecule has 0 spiro atoms. The molecule has 0 aliphatic carbocycles. The summed E-state index contributed by atoms with van der Waals surface area (Å²) < 4.78 is 0. The highest BCUT2D eigenvalue weighted by Gasteiger charge is 2.13. The van der Waals surface area contributed by atoms with Gasteiger partial charge in [-0.1, -0.05) is 42.5 Å². The summed E-state index contributed by atoms with van der Waals surface area (Å²) in [6.07, 6.45) is 2.53. The Labute approximate surface area is 166 Å². The monoisotopic (exact) mass is 373 g/mol. The van der Waals surface area contributed by atoms with Gasteiger partial charge < -0.3 is 15.5 Å². The van der Waals surface area contributed by atoms with Gasteiger partial charge in [-0.2, -0.15) is 0 Å². The Morgan fingerprint density at radius 3 is 2.46 bits per heavy atom. The maximum atomic E-state index is 12.4. The third-order valence-electron chi connectivity index (χ3n) is 5.48. The average molecular weight is 374 g/mol. The molecule has 4 heteroatoms. The van der Waals surface area contributed by atoms with Crippen LogP contribution in [-0.4, -0.2) is 25.5 Å². The number of hydrogen-bond acceptors (Lipinski definition) is 3. The average Bonchev–Trinajstić information content (AvgIpc) is 3.27. The van der Waals surface area contributed by atoms with Crippen LogP contribution in [0.1, 0.15) is 31.4 Å². The molecule has 1 atom stereocenters. The Hall–Kier alpha value is -2.85. The quantitative estimate of drug-likeness (QED) is 0.657. The first kappa shape index (κ1) is 18.5. The van der Waals surface area contributed by atoms with Crippen LogP contribution < -0.4 is 15.5 Å². The second-order valence-electron chi connectivity index (χ2n) is 7.46. The zero-order chi connectivity index (χ0) is 19.3. The van der Waals surface area contributed by atoms with E-state index in [0.29, 0.717) is 0 Å². The van der Waals surface area contributed by atoms with Crippen LogP contribution in [0.25, 0.3) is 10.8 Å². The fourth-order valence-electron chi connectivity index (χ4n) is 3.92. The van der Waals surface area contributed by atoms with Crippen molar-refractivity contribution in [3.05, 3.63) is 72.3 Å². The SMILES string of the molecule is C[C@H](NCC(=O)Nc1ccc(N2CCCC2)cc1)c1cccc2ccccc12. The molecule has 0 saturated carbocycles. The van der Waals surface area contributed by atoms with E-state index in [1.165, 1.54) is 34.9 Å². The van der Waals surface area contributed by atoms with Crippen molar-refractivity contribution < 1.29 is 4.79 Å². The van der Waals surface area contributed by atoms with Gasteiger partial charge in [-0.25, -0.2) is 0 Å². The Kier molecular flexibility index (Phi) is 5.58. The molecule has 2 N–H and O–H groups in total. The minimum atomic E-state index is -0.0268. The lowest BCUT2D eigenvalue weighted by atomic mass is 10.00. The van der Waals surface area contributed by atoms with Gasteiger partial charge in [0.05, 0.1) is 6.54 Å². The van der Waals surface area contributed by atoms with E-state index >= 15 is 0 Å². The molecular formula is C24H27N3O. The summed E-state index contributed by atoms with van der Waals surface area (Å²) in [6, 6.07) is 22.9. The maximum absolute atomic E-state index is 12.4. The van der Waals surface area contributed by atoms with E-state index < -0.39 is 0 Å².